The molecule has 0 aliphatic rings. The molecule has 0 aliphatic carbocycles. The zero-order valence-electron chi connectivity index (χ0n) is 9.29. The summed E-state index contributed by atoms with van der Waals surface area (Å²) < 4.78 is 0. The van der Waals surface area contributed by atoms with Gasteiger partial charge in [0.2, 0.25) is 0 Å². The summed E-state index contributed by atoms with van der Waals surface area (Å²) in [7, 11) is 5.55. The molecule has 2 heteroatoms. The van der Waals surface area contributed by atoms with Crippen LogP contribution in [0.2, 0.25) is 0 Å². The molecule has 0 rings (SSSR count). The molecule has 0 amide bonds. The van der Waals surface area contributed by atoms with Gasteiger partial charge in [0.25, 0.3) is 0 Å². The van der Waals surface area contributed by atoms with E-state index < -0.39 is 6.00 Å². The molecule has 1 nitrogen and oxygen atoms in total. The number of hydrogen-bond acceptors (Lipinski definition) is 1. The summed E-state index contributed by atoms with van der Waals surface area (Å²) in [4.78, 5) is 0. The van der Waals surface area contributed by atoms with Crippen molar-refractivity contribution in [2.75, 3.05) is 0 Å². The Morgan fingerprint density at radius 1 is 1.15 bits per heavy atom. The van der Waals surface area contributed by atoms with Gasteiger partial charge in [0.15, 0.2) is 0 Å². The quantitative estimate of drug-likeness (QED) is 0.600. The van der Waals surface area contributed by atoms with Gasteiger partial charge in [-0.25, -0.2) is 0 Å². The highest BCUT2D eigenvalue weighted by molar-refractivity contribution is 6.10. The fourth-order valence-electron chi connectivity index (χ4n) is 2.04. The van der Waals surface area contributed by atoms with Crippen molar-refractivity contribution in [2.24, 2.45) is 11.8 Å². The lowest BCUT2D eigenvalue weighted by molar-refractivity contribution is 0.125. The van der Waals surface area contributed by atoms with Gasteiger partial charge in [-0.2, -0.15) is 0 Å². The van der Waals surface area contributed by atoms with Crippen LogP contribution in [0.4, 0.5) is 0 Å². The van der Waals surface area contributed by atoms with Crippen LogP contribution in [-0.4, -0.2) is 19.0 Å². The molecule has 0 spiro atoms. The van der Waals surface area contributed by atoms with Crippen LogP contribution < -0.4 is 0 Å². The minimum Gasteiger partial charge on any atom is -0.403 e. The Hall–Kier alpha value is 0.0249. The normalized spacial score (nSPS) is 18.2. The first kappa shape index (κ1) is 13.0. The standard InChI is InChI=1S/C11H23BO/c1-4-7-8-9(5-2)10(6-3)11(12)13/h9-11,13H,4-8H2,1-3H3. The molecule has 0 fully saturated rings. The molecule has 0 aromatic rings. The molecule has 3 atom stereocenters. The third-order valence-corrected chi connectivity index (χ3v) is 2.97. The van der Waals surface area contributed by atoms with Gasteiger partial charge in [-0.05, 0) is 11.8 Å². The second kappa shape index (κ2) is 7.43. The van der Waals surface area contributed by atoms with Crippen LogP contribution in [0.3, 0.4) is 0 Å². The molecule has 0 aromatic carbocycles. The van der Waals surface area contributed by atoms with Gasteiger partial charge in [-0.1, -0.05) is 52.9 Å². The van der Waals surface area contributed by atoms with Crippen LogP contribution in [0.1, 0.15) is 52.9 Å². The van der Waals surface area contributed by atoms with Gasteiger partial charge in [-0.15, -0.1) is 0 Å². The number of aliphatic hydroxyl groups excluding tert-OH is 1. The molecule has 13 heavy (non-hydrogen) atoms. The Kier molecular flexibility index (Phi) is 7.45. The van der Waals surface area contributed by atoms with Crippen LogP contribution >= 0.6 is 0 Å². The smallest absolute Gasteiger partial charge is 0.108 e. The largest absolute Gasteiger partial charge is 0.403 e. The fourth-order valence-corrected chi connectivity index (χ4v) is 2.04. The van der Waals surface area contributed by atoms with Gasteiger partial charge in [0, 0.05) is 6.00 Å². The van der Waals surface area contributed by atoms with Crippen molar-refractivity contribution >= 4 is 7.85 Å². The van der Waals surface area contributed by atoms with E-state index in [4.69, 9.17) is 7.85 Å². The second-order valence-corrected chi connectivity index (χ2v) is 3.87. The molecule has 0 bridgehead atoms. The van der Waals surface area contributed by atoms with Crippen molar-refractivity contribution in [2.45, 2.75) is 58.9 Å². The van der Waals surface area contributed by atoms with E-state index in [1.54, 1.807) is 0 Å². The van der Waals surface area contributed by atoms with Crippen LogP contribution in [0.5, 0.6) is 0 Å². The van der Waals surface area contributed by atoms with Crippen LogP contribution in [0.15, 0.2) is 0 Å². The van der Waals surface area contributed by atoms with E-state index in [-0.39, 0.29) is 5.92 Å². The number of unbranched alkanes of at least 4 members (excludes halogenated alkanes) is 1. The zero-order chi connectivity index (χ0) is 10.3. The predicted octanol–water partition coefficient (Wildman–Crippen LogP) is 2.72. The summed E-state index contributed by atoms with van der Waals surface area (Å²) in [5, 5.41) is 9.39. The van der Waals surface area contributed by atoms with E-state index >= 15 is 0 Å². The van der Waals surface area contributed by atoms with Crippen LogP contribution in [0, 0.1) is 11.8 Å². The first-order valence-corrected chi connectivity index (χ1v) is 5.60. The van der Waals surface area contributed by atoms with E-state index in [9.17, 15) is 5.11 Å². The third-order valence-electron chi connectivity index (χ3n) is 2.97. The van der Waals surface area contributed by atoms with Crippen molar-refractivity contribution in [3.63, 3.8) is 0 Å². The molecule has 0 aromatic heterocycles. The zero-order valence-corrected chi connectivity index (χ0v) is 9.29. The van der Waals surface area contributed by atoms with Crippen molar-refractivity contribution in [1.29, 1.82) is 0 Å². The Morgan fingerprint density at radius 2 is 1.77 bits per heavy atom. The van der Waals surface area contributed by atoms with Gasteiger partial charge in [0.05, 0.1) is 0 Å². The lowest BCUT2D eigenvalue weighted by Crippen LogP contribution is -2.27. The maximum atomic E-state index is 9.39. The van der Waals surface area contributed by atoms with Crippen molar-refractivity contribution in [1.82, 2.24) is 0 Å². The Morgan fingerprint density at radius 3 is 2.08 bits per heavy atom. The van der Waals surface area contributed by atoms with E-state index in [0.717, 1.165) is 12.8 Å². The molecule has 0 saturated carbocycles. The van der Waals surface area contributed by atoms with Crippen molar-refractivity contribution in [3.05, 3.63) is 0 Å². The molecule has 0 saturated heterocycles. The third kappa shape index (κ3) is 4.71. The maximum Gasteiger partial charge on any atom is 0.108 e. The molecule has 1 N–H and O–H groups in total. The lowest BCUT2D eigenvalue weighted by atomic mass is 9.74. The maximum absolute atomic E-state index is 9.39. The highest BCUT2D eigenvalue weighted by Gasteiger charge is 2.21. The Labute approximate surface area is 84.3 Å². The molecular weight excluding hydrogens is 159 g/mol. The first-order valence-electron chi connectivity index (χ1n) is 5.60. The molecule has 0 heterocycles. The highest BCUT2D eigenvalue weighted by atomic mass is 16.3. The van der Waals surface area contributed by atoms with E-state index in [0.29, 0.717) is 5.92 Å². The lowest BCUT2D eigenvalue weighted by Gasteiger charge is -2.28. The molecule has 76 valence electrons. The SMILES string of the molecule is [B]C(O)C(CC)C(CC)CCCC. The Bertz CT molecular complexity index is 115. The summed E-state index contributed by atoms with van der Waals surface area (Å²) in [6, 6.07) is -0.633. The molecule has 0 aliphatic heterocycles. The number of hydrogen-bond donors (Lipinski definition) is 1. The summed E-state index contributed by atoms with van der Waals surface area (Å²) in [5.74, 6) is 0.890. The Balaban J connectivity index is 4.00. The van der Waals surface area contributed by atoms with E-state index in [2.05, 4.69) is 20.8 Å². The number of aliphatic hydroxyl groups is 1. The predicted molar refractivity (Wildman–Crippen MR) is 58.8 cm³/mol. The van der Waals surface area contributed by atoms with Crippen LogP contribution in [0.25, 0.3) is 0 Å². The van der Waals surface area contributed by atoms with Gasteiger partial charge >= 0.3 is 0 Å². The minimum atomic E-state index is -0.633. The van der Waals surface area contributed by atoms with Crippen LogP contribution in [-0.2, 0) is 0 Å². The molecule has 2 radical (unpaired) electrons. The average Bonchev–Trinajstić information content (AvgIpc) is 2.11. The summed E-state index contributed by atoms with van der Waals surface area (Å²) >= 11 is 0. The highest BCUT2D eigenvalue weighted by Crippen LogP contribution is 2.26. The molecular formula is C11H23BO. The average molecular weight is 182 g/mol. The topological polar surface area (TPSA) is 20.2 Å². The van der Waals surface area contributed by atoms with Gasteiger partial charge in [0.1, 0.15) is 7.85 Å². The first-order chi connectivity index (χ1) is 6.17. The molecule has 3 unspecified atom stereocenters. The minimum absolute atomic E-state index is 0.288. The number of rotatable bonds is 7. The summed E-state index contributed by atoms with van der Waals surface area (Å²) in [5.41, 5.74) is 0. The fraction of sp³-hybridized carbons (Fsp3) is 1.00. The van der Waals surface area contributed by atoms with E-state index in [1.165, 1.54) is 19.3 Å². The van der Waals surface area contributed by atoms with E-state index in [1.807, 2.05) is 0 Å². The van der Waals surface area contributed by atoms with Gasteiger partial charge in [-0.3, -0.25) is 0 Å². The summed E-state index contributed by atoms with van der Waals surface area (Å²) in [6.45, 7) is 6.49. The second-order valence-electron chi connectivity index (χ2n) is 3.87. The van der Waals surface area contributed by atoms with Gasteiger partial charge < -0.3 is 5.11 Å². The van der Waals surface area contributed by atoms with Crippen molar-refractivity contribution in [3.8, 4) is 0 Å². The summed E-state index contributed by atoms with van der Waals surface area (Å²) in [6.07, 6.45) is 5.81. The monoisotopic (exact) mass is 182 g/mol. The van der Waals surface area contributed by atoms with Crippen molar-refractivity contribution < 1.29 is 5.11 Å².